The van der Waals surface area contributed by atoms with Crippen LogP contribution in [0, 0.1) is 5.92 Å². The molecule has 4 heteroatoms. The predicted octanol–water partition coefficient (Wildman–Crippen LogP) is -0.992. The first-order valence-electron chi connectivity index (χ1n) is 3.42. The van der Waals surface area contributed by atoms with Crippen LogP contribution in [0.4, 0.5) is 0 Å². The van der Waals surface area contributed by atoms with Crippen LogP contribution in [0.2, 0.25) is 0 Å². The number of hydrogen-bond acceptors (Lipinski definition) is 3. The van der Waals surface area contributed by atoms with Crippen molar-refractivity contribution in [3.8, 4) is 0 Å². The predicted molar refractivity (Wildman–Crippen MR) is 36.6 cm³/mol. The Morgan fingerprint density at radius 3 is 2.90 bits per heavy atom. The van der Waals surface area contributed by atoms with Gasteiger partial charge in [0, 0.05) is 0 Å². The fourth-order valence-corrected chi connectivity index (χ4v) is 1.30. The van der Waals surface area contributed by atoms with E-state index in [-0.39, 0.29) is 5.92 Å². The van der Waals surface area contributed by atoms with Gasteiger partial charge in [0.2, 0.25) is 0 Å². The van der Waals surface area contributed by atoms with Gasteiger partial charge in [-0.25, -0.2) is 0 Å². The van der Waals surface area contributed by atoms with Crippen molar-refractivity contribution in [1.82, 2.24) is 5.32 Å². The van der Waals surface area contributed by atoms with Gasteiger partial charge in [0.15, 0.2) is 0 Å². The minimum absolute atomic E-state index is 0.123. The zero-order valence-electron chi connectivity index (χ0n) is 5.71. The number of carboxylic acids is 1. The maximum atomic E-state index is 10.5. The molecule has 0 saturated carbocycles. The smallest absolute Gasteiger partial charge is 0.321 e. The van der Waals surface area contributed by atoms with Crippen molar-refractivity contribution in [3.63, 3.8) is 0 Å². The molecule has 0 aromatic rings. The van der Waals surface area contributed by atoms with Crippen LogP contribution in [0.1, 0.15) is 6.42 Å². The molecule has 2 atom stereocenters. The number of rotatable bonds is 2. The summed E-state index contributed by atoms with van der Waals surface area (Å²) in [5, 5.41) is 11.5. The van der Waals surface area contributed by atoms with Gasteiger partial charge in [0.25, 0.3) is 0 Å². The van der Waals surface area contributed by atoms with Gasteiger partial charge in [-0.05, 0) is 25.4 Å². The molecule has 0 aromatic carbocycles. The normalized spacial score (nSPS) is 32.5. The zero-order valence-corrected chi connectivity index (χ0v) is 5.71. The highest BCUT2D eigenvalue weighted by Gasteiger charge is 2.30. The summed E-state index contributed by atoms with van der Waals surface area (Å²) in [6, 6.07) is -0.412. The van der Waals surface area contributed by atoms with Crippen molar-refractivity contribution in [3.05, 3.63) is 0 Å². The summed E-state index contributed by atoms with van der Waals surface area (Å²) in [6.45, 7) is 1.24. The summed E-state index contributed by atoms with van der Waals surface area (Å²) < 4.78 is 0. The standard InChI is InChI=1S/C6H12N2O2/c7-3-4-1-2-8-5(4)6(9)10/h4-5,8H,1-3,7H2,(H,9,10). The van der Waals surface area contributed by atoms with E-state index in [9.17, 15) is 4.79 Å². The highest BCUT2D eigenvalue weighted by molar-refractivity contribution is 5.74. The molecule has 1 rings (SSSR count). The molecule has 1 fully saturated rings. The van der Waals surface area contributed by atoms with Crippen molar-refractivity contribution in [1.29, 1.82) is 0 Å². The number of nitrogens with one attached hydrogen (secondary N) is 1. The van der Waals surface area contributed by atoms with Crippen LogP contribution in [0.25, 0.3) is 0 Å². The molecule has 0 radical (unpaired) electrons. The maximum absolute atomic E-state index is 10.5. The third-order valence-electron chi connectivity index (χ3n) is 1.92. The lowest BCUT2D eigenvalue weighted by Crippen LogP contribution is -2.38. The van der Waals surface area contributed by atoms with E-state index in [0.29, 0.717) is 6.54 Å². The van der Waals surface area contributed by atoms with Crippen LogP contribution >= 0.6 is 0 Å². The van der Waals surface area contributed by atoms with Crippen molar-refractivity contribution in [2.45, 2.75) is 12.5 Å². The molecule has 0 aliphatic carbocycles. The van der Waals surface area contributed by atoms with E-state index < -0.39 is 12.0 Å². The largest absolute Gasteiger partial charge is 0.480 e. The fraction of sp³-hybridized carbons (Fsp3) is 0.833. The quantitative estimate of drug-likeness (QED) is 0.465. The molecular formula is C6H12N2O2. The summed E-state index contributed by atoms with van der Waals surface area (Å²) in [6.07, 6.45) is 0.882. The van der Waals surface area contributed by atoms with Crippen LogP contribution in [0.3, 0.4) is 0 Å². The minimum Gasteiger partial charge on any atom is -0.480 e. The first-order valence-corrected chi connectivity index (χ1v) is 3.42. The average Bonchev–Trinajstić information content (AvgIpc) is 2.33. The lowest BCUT2D eigenvalue weighted by molar-refractivity contribution is -0.140. The third-order valence-corrected chi connectivity index (χ3v) is 1.92. The molecule has 4 N–H and O–H groups in total. The highest BCUT2D eigenvalue weighted by Crippen LogP contribution is 2.13. The van der Waals surface area contributed by atoms with Gasteiger partial charge in [-0.2, -0.15) is 0 Å². The van der Waals surface area contributed by atoms with Gasteiger partial charge in [-0.3, -0.25) is 4.79 Å². The van der Waals surface area contributed by atoms with Crippen LogP contribution in [-0.4, -0.2) is 30.2 Å². The van der Waals surface area contributed by atoms with E-state index in [1.54, 1.807) is 0 Å². The summed E-state index contributed by atoms with van der Waals surface area (Å²) >= 11 is 0. The van der Waals surface area contributed by atoms with Gasteiger partial charge in [0.1, 0.15) is 6.04 Å². The monoisotopic (exact) mass is 144 g/mol. The molecule has 0 amide bonds. The Labute approximate surface area is 59.4 Å². The van der Waals surface area contributed by atoms with Gasteiger partial charge in [0.05, 0.1) is 0 Å². The Balaban J connectivity index is 2.50. The van der Waals surface area contributed by atoms with Crippen molar-refractivity contribution in [2.24, 2.45) is 11.7 Å². The van der Waals surface area contributed by atoms with E-state index in [0.717, 1.165) is 13.0 Å². The van der Waals surface area contributed by atoms with E-state index in [4.69, 9.17) is 10.8 Å². The van der Waals surface area contributed by atoms with Crippen LogP contribution < -0.4 is 11.1 Å². The van der Waals surface area contributed by atoms with Gasteiger partial charge in [-0.15, -0.1) is 0 Å². The van der Waals surface area contributed by atoms with Gasteiger partial charge < -0.3 is 16.2 Å². The Kier molecular flexibility index (Phi) is 2.24. The van der Waals surface area contributed by atoms with Crippen LogP contribution in [-0.2, 0) is 4.79 Å². The molecular weight excluding hydrogens is 132 g/mol. The molecule has 58 valence electrons. The molecule has 10 heavy (non-hydrogen) atoms. The molecule has 4 nitrogen and oxygen atoms in total. The molecule has 1 aliphatic rings. The summed E-state index contributed by atoms with van der Waals surface area (Å²) in [5.74, 6) is -0.662. The second-order valence-electron chi connectivity index (χ2n) is 2.55. The zero-order chi connectivity index (χ0) is 7.56. The molecule has 0 spiro atoms. The Morgan fingerprint density at radius 1 is 1.80 bits per heavy atom. The second kappa shape index (κ2) is 2.98. The molecule has 1 heterocycles. The summed E-state index contributed by atoms with van der Waals surface area (Å²) in [4.78, 5) is 10.5. The molecule has 1 saturated heterocycles. The average molecular weight is 144 g/mol. The Bertz CT molecular complexity index is 138. The van der Waals surface area contributed by atoms with E-state index in [1.807, 2.05) is 0 Å². The SMILES string of the molecule is NCC1CCNC1C(=O)O. The second-order valence-corrected chi connectivity index (χ2v) is 2.55. The lowest BCUT2D eigenvalue weighted by atomic mass is 10.0. The van der Waals surface area contributed by atoms with Crippen LogP contribution in [0.5, 0.6) is 0 Å². The molecule has 0 aromatic heterocycles. The minimum atomic E-state index is -0.784. The van der Waals surface area contributed by atoms with Crippen molar-refractivity contribution >= 4 is 5.97 Å². The Hall–Kier alpha value is -0.610. The van der Waals surface area contributed by atoms with Crippen molar-refractivity contribution in [2.75, 3.05) is 13.1 Å². The number of nitrogens with two attached hydrogens (primary N) is 1. The third kappa shape index (κ3) is 1.27. The molecule has 1 aliphatic heterocycles. The van der Waals surface area contributed by atoms with Gasteiger partial charge in [-0.1, -0.05) is 0 Å². The topological polar surface area (TPSA) is 75.3 Å². The highest BCUT2D eigenvalue weighted by atomic mass is 16.4. The first kappa shape index (κ1) is 7.50. The fourth-order valence-electron chi connectivity index (χ4n) is 1.30. The van der Waals surface area contributed by atoms with Crippen molar-refractivity contribution < 1.29 is 9.90 Å². The molecule has 2 unspecified atom stereocenters. The maximum Gasteiger partial charge on any atom is 0.321 e. The van der Waals surface area contributed by atoms with E-state index in [1.165, 1.54) is 0 Å². The number of carboxylic acid groups (broad SMARTS) is 1. The molecule has 0 bridgehead atoms. The van der Waals surface area contributed by atoms with E-state index >= 15 is 0 Å². The first-order chi connectivity index (χ1) is 4.75. The summed E-state index contributed by atoms with van der Waals surface area (Å²) in [5.41, 5.74) is 5.36. The Morgan fingerprint density at radius 2 is 2.50 bits per heavy atom. The lowest BCUT2D eigenvalue weighted by Gasteiger charge is -2.11. The van der Waals surface area contributed by atoms with Gasteiger partial charge >= 0.3 is 5.97 Å². The van der Waals surface area contributed by atoms with Crippen LogP contribution in [0.15, 0.2) is 0 Å². The summed E-state index contributed by atoms with van der Waals surface area (Å²) in [7, 11) is 0. The van der Waals surface area contributed by atoms with E-state index in [2.05, 4.69) is 5.32 Å². The number of carbonyl (C=O) groups is 1. The number of aliphatic carboxylic acids is 1. The number of hydrogen-bond donors (Lipinski definition) is 3.